The van der Waals surface area contributed by atoms with E-state index in [9.17, 15) is 9.59 Å². The van der Waals surface area contributed by atoms with Crippen LogP contribution in [0, 0.1) is 19.3 Å². The number of rotatable bonds is 6. The zero-order valence-corrected chi connectivity index (χ0v) is 29.7. The van der Waals surface area contributed by atoms with Crippen molar-refractivity contribution in [3.63, 3.8) is 0 Å². The van der Waals surface area contributed by atoms with Crippen molar-refractivity contribution in [2.24, 2.45) is 11.7 Å². The second-order valence-electron chi connectivity index (χ2n) is 7.70. The van der Waals surface area contributed by atoms with Gasteiger partial charge in [-0.2, -0.15) is 0 Å². The Kier molecular flexibility index (Phi) is 17.6. The second kappa shape index (κ2) is 15.5. The zero-order chi connectivity index (χ0) is 20.8. The molecule has 1 heterocycles. The van der Waals surface area contributed by atoms with Crippen molar-refractivity contribution in [2.45, 2.75) is 78.8 Å². The Bertz CT molecular complexity index is 663. The van der Waals surface area contributed by atoms with Crippen LogP contribution < -0.4 is 133 Å². The smallest absolute Gasteiger partial charge is 0.374 e. The van der Waals surface area contributed by atoms with Crippen LogP contribution >= 0.6 is 0 Å². The van der Waals surface area contributed by atoms with Gasteiger partial charge in [0.2, 0.25) is 11.8 Å². The summed E-state index contributed by atoms with van der Waals surface area (Å²) in [5.74, 6) is 0.148. The van der Waals surface area contributed by atoms with Crippen LogP contribution in [-0.4, -0.2) is 23.4 Å². The first-order valence-electron chi connectivity index (χ1n) is 9.96. The van der Waals surface area contributed by atoms with Gasteiger partial charge in [-0.15, -0.1) is 11.5 Å². The van der Waals surface area contributed by atoms with E-state index in [0.717, 1.165) is 11.3 Å². The van der Waals surface area contributed by atoms with Crippen LogP contribution in [0.2, 0.25) is 0 Å². The monoisotopic (exact) mass is 544 g/mol. The fourth-order valence-electron chi connectivity index (χ4n) is 3.13. The van der Waals surface area contributed by atoms with E-state index in [2.05, 4.69) is 57.7 Å². The summed E-state index contributed by atoms with van der Waals surface area (Å²) in [5.41, 5.74) is 9.34. The Morgan fingerprint density at radius 2 is 1.79 bits per heavy atom. The minimum atomic E-state index is -0.361. The first-order chi connectivity index (χ1) is 12.6. The minimum absolute atomic E-state index is 0. The van der Waals surface area contributed by atoms with Crippen molar-refractivity contribution in [1.82, 2.24) is 5.32 Å². The van der Waals surface area contributed by atoms with Gasteiger partial charge in [-0.3, -0.25) is 14.9 Å². The minimum Gasteiger partial charge on any atom is -0.374 e. The summed E-state index contributed by atoms with van der Waals surface area (Å²) in [4.78, 5) is 23.1. The normalized spacial score (nSPS) is 18.9. The largest absolute Gasteiger partial charge is 1.00 e. The van der Waals surface area contributed by atoms with Gasteiger partial charge >= 0.3 is 116 Å². The van der Waals surface area contributed by atoms with E-state index in [1.165, 1.54) is 5.56 Å². The fourth-order valence-corrected chi connectivity index (χ4v) is 3.13. The van der Waals surface area contributed by atoms with Crippen LogP contribution in [-0.2, 0) is 9.59 Å². The quantitative estimate of drug-likeness (QED) is 0.284. The number of carbonyl (C=O) groups is 2. The fraction of sp³-hybridized carbons (Fsp3) is 0.591. The molecule has 1 saturated heterocycles. The number of hydrogen-bond acceptors (Lipinski definition) is 4. The average molecular weight is 545 g/mol. The number of amides is 2. The van der Waals surface area contributed by atoms with E-state index in [1.807, 2.05) is 26.0 Å². The first kappa shape index (κ1) is 32.9. The topological polar surface area (TPSA) is 84.2 Å². The molecule has 1 aliphatic rings. The van der Waals surface area contributed by atoms with Gasteiger partial charge in [-0.1, -0.05) is 59.1 Å². The van der Waals surface area contributed by atoms with Gasteiger partial charge in [0, 0.05) is 12.1 Å². The van der Waals surface area contributed by atoms with Crippen molar-refractivity contribution in [3.8, 4) is 0 Å². The maximum atomic E-state index is 11.9. The van der Waals surface area contributed by atoms with E-state index in [-0.39, 0.29) is 146 Å². The molecule has 5 nitrogen and oxygen atoms in total. The SMILES string of the molecule is CC.Cc1cc(NC2CCC(=O)NC2=O)ccc1C(C)[CH-]C(C)(N)C(C)C.[Rb+].[Rb+]. The van der Waals surface area contributed by atoms with Gasteiger partial charge in [0.25, 0.3) is 0 Å². The molecule has 0 bridgehead atoms. The molecule has 29 heavy (non-hydrogen) atoms. The molecule has 152 valence electrons. The number of hydrogen-bond donors (Lipinski definition) is 3. The number of carbonyl (C=O) groups excluding carboxylic acids is 2. The Morgan fingerprint density at radius 1 is 1.21 bits per heavy atom. The molecule has 0 radical (unpaired) electrons. The van der Waals surface area contributed by atoms with Crippen molar-refractivity contribution >= 4 is 17.5 Å². The van der Waals surface area contributed by atoms with E-state index < -0.39 is 0 Å². The predicted octanol–water partition coefficient (Wildman–Crippen LogP) is -2.07. The number of nitrogens with one attached hydrogen (secondary N) is 2. The van der Waals surface area contributed by atoms with Gasteiger partial charge in [0.05, 0.1) is 0 Å². The average Bonchev–Trinajstić information content (AvgIpc) is 2.58. The Labute approximate surface area is 275 Å². The Balaban J connectivity index is 0. The first-order valence-corrected chi connectivity index (χ1v) is 9.96. The third kappa shape index (κ3) is 10.5. The molecule has 1 aromatic rings. The summed E-state index contributed by atoms with van der Waals surface area (Å²) in [6, 6.07) is 5.76. The summed E-state index contributed by atoms with van der Waals surface area (Å²) in [7, 11) is 0. The standard InChI is InChI=1S/C20H30N3O2.C2H6.2Rb/c1-12(2)20(5,21)11-14(4)16-7-6-15(10-13(16)3)22-17-8-9-18(24)23-19(17)25;1-2;;/h6-7,10-12,14,17,22H,8-9,21H2,1-5H3,(H,23,24,25);1-2H3;;/q-1;;2*+1. The Hall–Kier alpha value is 1.73. The Morgan fingerprint density at radius 3 is 2.28 bits per heavy atom. The summed E-state index contributed by atoms with van der Waals surface area (Å²) in [6.45, 7) is 14.5. The molecule has 3 unspecified atom stereocenters. The number of anilines is 1. The zero-order valence-electron chi connectivity index (χ0n) is 19.8. The molecular weight excluding hydrogens is 509 g/mol. The third-order valence-electron chi connectivity index (χ3n) is 5.19. The molecule has 0 spiro atoms. The van der Waals surface area contributed by atoms with Crippen molar-refractivity contribution in [3.05, 3.63) is 35.7 Å². The second-order valence-corrected chi connectivity index (χ2v) is 7.70. The van der Waals surface area contributed by atoms with Crippen LogP contribution in [0.5, 0.6) is 0 Å². The molecule has 1 aromatic carbocycles. The molecule has 0 saturated carbocycles. The molecule has 4 N–H and O–H groups in total. The van der Waals surface area contributed by atoms with Crippen molar-refractivity contribution in [2.75, 3.05) is 5.32 Å². The number of imide groups is 1. The number of benzene rings is 1. The van der Waals surface area contributed by atoms with Crippen LogP contribution in [0.3, 0.4) is 0 Å². The van der Waals surface area contributed by atoms with Crippen LogP contribution in [0.1, 0.15) is 71.4 Å². The number of nitrogens with two attached hydrogens (primary N) is 1. The van der Waals surface area contributed by atoms with E-state index >= 15 is 0 Å². The number of piperidine rings is 1. The number of aryl methyl sites for hydroxylation is 1. The molecule has 0 aliphatic carbocycles. The molecule has 2 rings (SSSR count). The van der Waals surface area contributed by atoms with Crippen LogP contribution in [0.15, 0.2) is 18.2 Å². The van der Waals surface area contributed by atoms with Gasteiger partial charge in [0.15, 0.2) is 0 Å². The van der Waals surface area contributed by atoms with Gasteiger partial charge in [0.1, 0.15) is 6.04 Å². The molecule has 7 heteroatoms. The van der Waals surface area contributed by atoms with E-state index in [1.54, 1.807) is 0 Å². The molecule has 2 amide bonds. The van der Waals surface area contributed by atoms with Crippen molar-refractivity contribution in [1.29, 1.82) is 0 Å². The van der Waals surface area contributed by atoms with Gasteiger partial charge in [-0.25, -0.2) is 0 Å². The molecule has 1 aliphatic heterocycles. The van der Waals surface area contributed by atoms with E-state index in [4.69, 9.17) is 5.73 Å². The van der Waals surface area contributed by atoms with Gasteiger partial charge < -0.3 is 17.5 Å². The van der Waals surface area contributed by atoms with E-state index in [0.29, 0.717) is 18.8 Å². The molecule has 3 atom stereocenters. The van der Waals surface area contributed by atoms with Gasteiger partial charge in [-0.05, 0) is 31.0 Å². The van der Waals surface area contributed by atoms with Crippen LogP contribution in [0.4, 0.5) is 5.69 Å². The summed E-state index contributed by atoms with van der Waals surface area (Å²) < 4.78 is 0. The third-order valence-corrected chi connectivity index (χ3v) is 5.19. The summed E-state index contributed by atoms with van der Waals surface area (Å²) in [6.07, 6.45) is 3.10. The molecule has 0 aromatic heterocycles. The van der Waals surface area contributed by atoms with Crippen LogP contribution in [0.25, 0.3) is 0 Å². The summed E-state index contributed by atoms with van der Waals surface area (Å²) >= 11 is 0. The molecular formula is C22H36N3O2Rb2+. The van der Waals surface area contributed by atoms with Crippen molar-refractivity contribution < 1.29 is 126 Å². The molecule has 1 fully saturated rings. The predicted molar refractivity (Wildman–Crippen MR) is 112 cm³/mol. The summed E-state index contributed by atoms with van der Waals surface area (Å²) in [5, 5.41) is 5.60. The maximum Gasteiger partial charge on any atom is 1.00 e. The maximum absolute atomic E-state index is 11.9.